The molecule has 0 amide bonds. The second-order valence-corrected chi connectivity index (χ2v) is 3.92. The zero-order chi connectivity index (χ0) is 13.0. The van der Waals surface area contributed by atoms with Crippen molar-refractivity contribution in [1.29, 1.82) is 5.26 Å². The Labute approximate surface area is 106 Å². The fraction of sp³-hybridized carbons (Fsp3) is 0.200. The number of nitriles is 1. The van der Waals surface area contributed by atoms with Crippen LogP contribution in [0.15, 0.2) is 42.5 Å². The van der Waals surface area contributed by atoms with Gasteiger partial charge in [0.2, 0.25) is 0 Å². The molecule has 0 saturated heterocycles. The summed E-state index contributed by atoms with van der Waals surface area (Å²) in [5.41, 5.74) is 0.676. The number of esters is 1. The number of carbonyl (C=O) groups excluding carboxylic acids is 1. The maximum atomic E-state index is 11.7. The van der Waals surface area contributed by atoms with Gasteiger partial charge < -0.3 is 4.74 Å². The number of carbonyl (C=O) groups is 1. The highest BCUT2D eigenvalue weighted by molar-refractivity contribution is 5.87. The lowest BCUT2D eigenvalue weighted by atomic mass is 9.97. The summed E-state index contributed by atoms with van der Waals surface area (Å²) in [5, 5.41) is 11.2. The molecular weight excluding hydrogens is 226 g/mol. The van der Waals surface area contributed by atoms with Crippen LogP contribution in [0.25, 0.3) is 10.8 Å². The monoisotopic (exact) mass is 239 g/mol. The summed E-state index contributed by atoms with van der Waals surface area (Å²) in [6.07, 6.45) is 0. The van der Waals surface area contributed by atoms with E-state index in [9.17, 15) is 4.79 Å². The first-order chi connectivity index (χ1) is 8.76. The molecule has 0 aromatic heterocycles. The Bertz CT molecular complexity index is 613. The molecule has 0 aliphatic rings. The van der Waals surface area contributed by atoms with Gasteiger partial charge in [-0.2, -0.15) is 5.26 Å². The van der Waals surface area contributed by atoms with Crippen LogP contribution in [-0.2, 0) is 9.53 Å². The van der Waals surface area contributed by atoms with Crippen LogP contribution in [0.4, 0.5) is 0 Å². The summed E-state index contributed by atoms with van der Waals surface area (Å²) in [7, 11) is 0. The van der Waals surface area contributed by atoms with Crippen LogP contribution in [0.1, 0.15) is 18.4 Å². The van der Waals surface area contributed by atoms with Crippen molar-refractivity contribution in [2.75, 3.05) is 6.61 Å². The summed E-state index contributed by atoms with van der Waals surface area (Å²) in [6.45, 7) is 2.01. The normalized spacial score (nSPS) is 11.8. The molecule has 0 aliphatic carbocycles. The van der Waals surface area contributed by atoms with Crippen LogP contribution in [0.5, 0.6) is 0 Å². The van der Waals surface area contributed by atoms with E-state index in [2.05, 4.69) is 0 Å². The fourth-order valence-electron chi connectivity index (χ4n) is 1.88. The summed E-state index contributed by atoms with van der Waals surface area (Å²) >= 11 is 0. The van der Waals surface area contributed by atoms with E-state index in [1.54, 1.807) is 13.0 Å². The van der Waals surface area contributed by atoms with E-state index in [0.717, 1.165) is 10.8 Å². The van der Waals surface area contributed by atoms with Crippen molar-refractivity contribution in [2.45, 2.75) is 12.8 Å². The molecule has 0 N–H and O–H groups in total. The van der Waals surface area contributed by atoms with Crippen molar-refractivity contribution in [3.8, 4) is 6.07 Å². The summed E-state index contributed by atoms with van der Waals surface area (Å²) in [6, 6.07) is 15.4. The Balaban J connectivity index is 2.40. The summed E-state index contributed by atoms with van der Waals surface area (Å²) < 4.78 is 4.90. The molecular formula is C15H13NO2. The highest BCUT2D eigenvalue weighted by Crippen LogP contribution is 2.22. The highest BCUT2D eigenvalue weighted by atomic mass is 16.5. The molecule has 0 unspecified atom stereocenters. The van der Waals surface area contributed by atoms with E-state index in [0.29, 0.717) is 5.56 Å². The number of hydrogen-bond donors (Lipinski definition) is 0. The van der Waals surface area contributed by atoms with Crippen molar-refractivity contribution in [3.05, 3.63) is 48.0 Å². The first-order valence-corrected chi connectivity index (χ1v) is 5.81. The highest BCUT2D eigenvalue weighted by Gasteiger charge is 2.21. The number of rotatable bonds is 3. The lowest BCUT2D eigenvalue weighted by Gasteiger charge is -2.09. The second-order valence-electron chi connectivity index (χ2n) is 3.92. The Morgan fingerprint density at radius 2 is 2.00 bits per heavy atom. The third kappa shape index (κ3) is 2.33. The maximum absolute atomic E-state index is 11.7. The average Bonchev–Trinajstić information content (AvgIpc) is 2.40. The molecule has 0 fully saturated rings. The first-order valence-electron chi connectivity index (χ1n) is 5.81. The molecule has 0 aliphatic heterocycles. The van der Waals surface area contributed by atoms with Crippen LogP contribution < -0.4 is 0 Å². The van der Waals surface area contributed by atoms with E-state index in [1.165, 1.54) is 0 Å². The fourth-order valence-corrected chi connectivity index (χ4v) is 1.88. The predicted octanol–water partition coefficient (Wildman–Crippen LogP) is 3.01. The van der Waals surface area contributed by atoms with Crippen molar-refractivity contribution < 1.29 is 9.53 Å². The molecule has 18 heavy (non-hydrogen) atoms. The summed E-state index contributed by atoms with van der Waals surface area (Å²) in [4.78, 5) is 11.7. The number of benzene rings is 2. The van der Waals surface area contributed by atoms with Crippen LogP contribution in [0, 0.1) is 11.3 Å². The van der Waals surface area contributed by atoms with E-state index < -0.39 is 11.9 Å². The molecule has 2 aromatic rings. The molecule has 0 bridgehead atoms. The van der Waals surface area contributed by atoms with Crippen LogP contribution in [0.2, 0.25) is 0 Å². The van der Waals surface area contributed by atoms with Gasteiger partial charge in [-0.25, -0.2) is 0 Å². The van der Waals surface area contributed by atoms with Gasteiger partial charge in [0.25, 0.3) is 0 Å². The van der Waals surface area contributed by atoms with Gasteiger partial charge in [-0.3, -0.25) is 4.79 Å². The molecule has 0 saturated carbocycles. The van der Waals surface area contributed by atoms with Gasteiger partial charge in [-0.05, 0) is 29.3 Å². The number of hydrogen-bond acceptors (Lipinski definition) is 3. The minimum Gasteiger partial charge on any atom is -0.465 e. The molecule has 0 radical (unpaired) electrons. The average molecular weight is 239 g/mol. The van der Waals surface area contributed by atoms with Crippen LogP contribution in [-0.4, -0.2) is 12.6 Å². The minimum absolute atomic E-state index is 0.282. The standard InChI is InChI=1S/C15H13NO2/c1-2-18-15(17)14(10-16)13-8-7-11-5-3-4-6-12(11)9-13/h3-9,14H,2H2,1H3/t14-/m1/s1. The Morgan fingerprint density at radius 1 is 1.28 bits per heavy atom. The molecule has 3 heteroatoms. The Kier molecular flexibility index (Phi) is 3.59. The number of fused-ring (bicyclic) bond motifs is 1. The topological polar surface area (TPSA) is 50.1 Å². The maximum Gasteiger partial charge on any atom is 0.327 e. The Hall–Kier alpha value is -2.34. The number of ether oxygens (including phenoxy) is 1. The second kappa shape index (κ2) is 5.33. The summed E-state index contributed by atoms with van der Waals surface area (Å²) in [5.74, 6) is -1.34. The Morgan fingerprint density at radius 3 is 2.67 bits per heavy atom. The van der Waals surface area contributed by atoms with Crippen LogP contribution in [0.3, 0.4) is 0 Å². The quantitative estimate of drug-likeness (QED) is 0.773. The van der Waals surface area contributed by atoms with Crippen molar-refractivity contribution >= 4 is 16.7 Å². The largest absolute Gasteiger partial charge is 0.465 e. The van der Waals surface area contributed by atoms with Crippen molar-refractivity contribution in [1.82, 2.24) is 0 Å². The van der Waals surface area contributed by atoms with Gasteiger partial charge >= 0.3 is 5.97 Å². The molecule has 90 valence electrons. The molecule has 2 rings (SSSR count). The van der Waals surface area contributed by atoms with E-state index >= 15 is 0 Å². The van der Waals surface area contributed by atoms with E-state index in [1.807, 2.05) is 42.5 Å². The van der Waals surface area contributed by atoms with E-state index in [-0.39, 0.29) is 6.61 Å². The van der Waals surface area contributed by atoms with Gasteiger partial charge in [-0.1, -0.05) is 36.4 Å². The number of nitrogens with zero attached hydrogens (tertiary/aromatic N) is 1. The zero-order valence-electron chi connectivity index (χ0n) is 10.1. The molecule has 0 heterocycles. The third-order valence-corrected chi connectivity index (χ3v) is 2.76. The van der Waals surface area contributed by atoms with Gasteiger partial charge in [0.15, 0.2) is 5.92 Å². The van der Waals surface area contributed by atoms with Gasteiger partial charge in [-0.15, -0.1) is 0 Å². The first kappa shape index (κ1) is 12.1. The molecule has 1 atom stereocenters. The zero-order valence-corrected chi connectivity index (χ0v) is 10.1. The lowest BCUT2D eigenvalue weighted by Crippen LogP contribution is -2.14. The smallest absolute Gasteiger partial charge is 0.327 e. The molecule has 0 spiro atoms. The minimum atomic E-state index is -0.852. The third-order valence-electron chi connectivity index (χ3n) is 2.76. The molecule has 2 aromatic carbocycles. The molecule has 3 nitrogen and oxygen atoms in total. The lowest BCUT2D eigenvalue weighted by molar-refractivity contribution is -0.143. The SMILES string of the molecule is CCOC(=O)[C@H](C#N)c1ccc2ccccc2c1. The van der Waals surface area contributed by atoms with Gasteiger partial charge in [0, 0.05) is 0 Å². The van der Waals surface area contributed by atoms with Crippen molar-refractivity contribution in [3.63, 3.8) is 0 Å². The van der Waals surface area contributed by atoms with Crippen LogP contribution >= 0.6 is 0 Å². The van der Waals surface area contributed by atoms with Crippen molar-refractivity contribution in [2.24, 2.45) is 0 Å². The van der Waals surface area contributed by atoms with Gasteiger partial charge in [0.1, 0.15) is 0 Å². The predicted molar refractivity (Wildman–Crippen MR) is 68.9 cm³/mol. The van der Waals surface area contributed by atoms with Gasteiger partial charge in [0.05, 0.1) is 12.7 Å². The van der Waals surface area contributed by atoms with E-state index in [4.69, 9.17) is 10.00 Å².